The van der Waals surface area contributed by atoms with Gasteiger partial charge in [0.15, 0.2) is 22.3 Å². The zero-order chi connectivity index (χ0) is 12.9. The predicted octanol–water partition coefficient (Wildman–Crippen LogP) is 1.96. The molecule has 0 amide bonds. The van der Waals surface area contributed by atoms with Crippen molar-refractivity contribution in [3.05, 3.63) is 23.8 Å². The molecule has 1 fully saturated rings. The van der Waals surface area contributed by atoms with Gasteiger partial charge in [-0.15, -0.1) is 0 Å². The Morgan fingerprint density at radius 2 is 2.22 bits per heavy atom. The number of fused-ring (bicyclic) bond motifs is 4. The summed E-state index contributed by atoms with van der Waals surface area (Å²) < 4.78 is 11.5. The number of hydrogen-bond acceptors (Lipinski definition) is 3. The highest BCUT2D eigenvalue weighted by Gasteiger charge is 2.49. The van der Waals surface area contributed by atoms with Crippen LogP contribution >= 0.6 is 12.2 Å². The highest BCUT2D eigenvalue weighted by Crippen LogP contribution is 2.48. The number of para-hydroxylation sites is 1. The highest BCUT2D eigenvalue weighted by atomic mass is 32.1. The van der Waals surface area contributed by atoms with Gasteiger partial charge in [-0.3, -0.25) is 0 Å². The van der Waals surface area contributed by atoms with Crippen LogP contribution in [0.5, 0.6) is 11.5 Å². The van der Waals surface area contributed by atoms with Gasteiger partial charge in [-0.25, -0.2) is 0 Å². The van der Waals surface area contributed by atoms with Gasteiger partial charge in [0.05, 0.1) is 13.2 Å². The number of methoxy groups -OCH3 is 1. The summed E-state index contributed by atoms with van der Waals surface area (Å²) in [4.78, 5) is 0. The molecule has 3 atom stereocenters. The fourth-order valence-electron chi connectivity index (χ4n) is 2.68. The zero-order valence-corrected chi connectivity index (χ0v) is 11.4. The fourth-order valence-corrected chi connectivity index (χ4v) is 3.01. The lowest BCUT2D eigenvalue weighted by molar-refractivity contribution is -0.0282. The molecule has 2 aliphatic rings. The molecule has 0 spiro atoms. The number of nitrogens with one attached hydrogen (secondary N) is 2. The van der Waals surface area contributed by atoms with E-state index in [2.05, 4.69) is 23.6 Å². The van der Waals surface area contributed by atoms with Gasteiger partial charge in [0.2, 0.25) is 0 Å². The standard InChI is InChI=1S/C13H16N2O2S/c1-7-10-8-5-4-6-9(16-3)11(8)17-13(7,2)15-12(18)14-10/h4-7,10H,1-3H3,(H2,14,15,18). The van der Waals surface area contributed by atoms with E-state index in [0.717, 1.165) is 17.1 Å². The van der Waals surface area contributed by atoms with E-state index in [1.165, 1.54) is 0 Å². The van der Waals surface area contributed by atoms with Crippen LogP contribution in [0.3, 0.4) is 0 Å². The zero-order valence-electron chi connectivity index (χ0n) is 10.6. The Bertz CT molecular complexity index is 520. The smallest absolute Gasteiger partial charge is 0.184 e. The number of ether oxygens (including phenoxy) is 2. The van der Waals surface area contributed by atoms with Crippen molar-refractivity contribution in [1.29, 1.82) is 0 Å². The Labute approximate surface area is 112 Å². The molecule has 1 aromatic carbocycles. The van der Waals surface area contributed by atoms with Gasteiger partial charge in [0.1, 0.15) is 0 Å². The number of hydrogen-bond donors (Lipinski definition) is 2. The monoisotopic (exact) mass is 264 g/mol. The second-order valence-electron chi connectivity index (χ2n) is 4.95. The van der Waals surface area contributed by atoms with Gasteiger partial charge in [0, 0.05) is 11.5 Å². The molecule has 96 valence electrons. The van der Waals surface area contributed by atoms with Gasteiger partial charge >= 0.3 is 0 Å². The van der Waals surface area contributed by atoms with Crippen LogP contribution in [-0.4, -0.2) is 17.9 Å². The Morgan fingerprint density at radius 1 is 1.44 bits per heavy atom. The average molecular weight is 264 g/mol. The maximum absolute atomic E-state index is 6.13. The first-order chi connectivity index (χ1) is 8.55. The van der Waals surface area contributed by atoms with Gasteiger partial charge in [0.25, 0.3) is 0 Å². The minimum Gasteiger partial charge on any atom is -0.493 e. The molecule has 0 aliphatic carbocycles. The van der Waals surface area contributed by atoms with Crippen LogP contribution in [0.25, 0.3) is 0 Å². The summed E-state index contributed by atoms with van der Waals surface area (Å²) in [5, 5.41) is 7.16. The number of thiocarbonyl (C=S) groups is 1. The molecule has 0 saturated carbocycles. The molecule has 2 heterocycles. The van der Waals surface area contributed by atoms with E-state index >= 15 is 0 Å². The van der Waals surface area contributed by atoms with Crippen molar-refractivity contribution in [2.24, 2.45) is 5.92 Å². The Morgan fingerprint density at radius 3 is 2.94 bits per heavy atom. The third-order valence-corrected chi connectivity index (χ3v) is 4.12. The van der Waals surface area contributed by atoms with Gasteiger partial charge in [-0.1, -0.05) is 19.1 Å². The first-order valence-electron chi connectivity index (χ1n) is 6.00. The lowest BCUT2D eigenvalue weighted by Crippen LogP contribution is -2.67. The SMILES string of the molecule is COc1cccc2c1OC1(C)NC(=S)NC2C1C. The minimum absolute atomic E-state index is 0.155. The van der Waals surface area contributed by atoms with Crippen LogP contribution in [0.2, 0.25) is 0 Å². The molecule has 4 nitrogen and oxygen atoms in total. The Hall–Kier alpha value is -1.49. The van der Waals surface area contributed by atoms with E-state index < -0.39 is 5.72 Å². The normalized spacial score (nSPS) is 32.7. The van der Waals surface area contributed by atoms with E-state index in [0.29, 0.717) is 5.11 Å². The van der Waals surface area contributed by atoms with E-state index in [1.54, 1.807) is 7.11 Å². The van der Waals surface area contributed by atoms with Gasteiger partial charge in [-0.05, 0) is 25.2 Å². The summed E-state index contributed by atoms with van der Waals surface area (Å²) in [6.07, 6.45) is 0. The Kier molecular flexibility index (Phi) is 2.41. The first kappa shape index (κ1) is 11.6. The average Bonchev–Trinajstić information content (AvgIpc) is 2.32. The van der Waals surface area contributed by atoms with Crippen molar-refractivity contribution in [2.45, 2.75) is 25.6 Å². The van der Waals surface area contributed by atoms with E-state index in [-0.39, 0.29) is 12.0 Å². The second kappa shape index (κ2) is 3.75. The lowest BCUT2D eigenvalue weighted by Gasteiger charge is -2.50. The van der Waals surface area contributed by atoms with E-state index in [9.17, 15) is 0 Å². The topological polar surface area (TPSA) is 42.5 Å². The van der Waals surface area contributed by atoms with Gasteiger partial charge in [-0.2, -0.15) is 0 Å². The largest absolute Gasteiger partial charge is 0.493 e. The molecule has 0 radical (unpaired) electrons. The molecular weight excluding hydrogens is 248 g/mol. The first-order valence-corrected chi connectivity index (χ1v) is 6.40. The van der Waals surface area contributed by atoms with Crippen LogP contribution in [0.4, 0.5) is 0 Å². The van der Waals surface area contributed by atoms with Crippen molar-refractivity contribution < 1.29 is 9.47 Å². The predicted molar refractivity (Wildman–Crippen MR) is 72.8 cm³/mol. The van der Waals surface area contributed by atoms with Crippen LogP contribution in [0, 0.1) is 5.92 Å². The summed E-state index contributed by atoms with van der Waals surface area (Å²) >= 11 is 5.24. The van der Waals surface area contributed by atoms with Crippen molar-refractivity contribution >= 4 is 17.3 Å². The van der Waals surface area contributed by atoms with Crippen LogP contribution < -0.4 is 20.1 Å². The third-order valence-electron chi connectivity index (χ3n) is 3.90. The van der Waals surface area contributed by atoms with E-state index in [4.69, 9.17) is 21.7 Å². The molecule has 3 unspecified atom stereocenters. The molecule has 2 N–H and O–H groups in total. The van der Waals surface area contributed by atoms with Crippen molar-refractivity contribution in [3.8, 4) is 11.5 Å². The second-order valence-corrected chi connectivity index (χ2v) is 5.36. The molecule has 5 heteroatoms. The summed E-state index contributed by atoms with van der Waals surface area (Å²) in [5.74, 6) is 1.82. The molecule has 1 aromatic rings. The summed E-state index contributed by atoms with van der Waals surface area (Å²) in [6, 6.07) is 6.09. The van der Waals surface area contributed by atoms with Crippen molar-refractivity contribution in [2.75, 3.05) is 7.11 Å². The molecule has 3 rings (SSSR count). The molecular formula is C13H16N2O2S. The van der Waals surface area contributed by atoms with Crippen molar-refractivity contribution in [1.82, 2.24) is 10.6 Å². The van der Waals surface area contributed by atoms with Crippen LogP contribution in [0.1, 0.15) is 25.5 Å². The van der Waals surface area contributed by atoms with Gasteiger partial charge < -0.3 is 20.1 Å². The number of rotatable bonds is 1. The number of benzene rings is 1. The van der Waals surface area contributed by atoms with Crippen LogP contribution in [-0.2, 0) is 0 Å². The van der Waals surface area contributed by atoms with E-state index in [1.807, 2.05) is 19.1 Å². The molecule has 18 heavy (non-hydrogen) atoms. The fraction of sp³-hybridized carbons (Fsp3) is 0.462. The quantitative estimate of drug-likeness (QED) is 0.759. The minimum atomic E-state index is -0.491. The molecule has 2 aliphatic heterocycles. The maximum atomic E-state index is 6.13. The third kappa shape index (κ3) is 1.47. The Balaban J connectivity index is 2.17. The molecule has 0 aromatic heterocycles. The lowest BCUT2D eigenvalue weighted by atomic mass is 9.82. The summed E-state index contributed by atoms with van der Waals surface area (Å²) in [5.41, 5.74) is 0.609. The van der Waals surface area contributed by atoms with Crippen LogP contribution in [0.15, 0.2) is 18.2 Å². The van der Waals surface area contributed by atoms with Crippen molar-refractivity contribution in [3.63, 3.8) is 0 Å². The maximum Gasteiger partial charge on any atom is 0.184 e. The molecule has 2 bridgehead atoms. The highest BCUT2D eigenvalue weighted by molar-refractivity contribution is 7.80. The molecule has 1 saturated heterocycles. The summed E-state index contributed by atoms with van der Waals surface area (Å²) in [7, 11) is 1.65. The summed E-state index contributed by atoms with van der Waals surface area (Å²) in [6.45, 7) is 4.17.